The van der Waals surface area contributed by atoms with E-state index in [2.05, 4.69) is 0 Å². The minimum absolute atomic E-state index is 0.0604. The number of hydrogen-bond donors (Lipinski definition) is 1. The van der Waals surface area contributed by atoms with Crippen molar-refractivity contribution in [2.45, 2.75) is 6.92 Å². The molecule has 0 aliphatic heterocycles. The Balaban J connectivity index is 1.91. The van der Waals surface area contributed by atoms with Gasteiger partial charge in [0.25, 0.3) is 0 Å². The summed E-state index contributed by atoms with van der Waals surface area (Å²) in [5.41, 5.74) is 5.54. The van der Waals surface area contributed by atoms with Crippen LogP contribution in [-0.4, -0.2) is 11.6 Å². The maximum Gasteiger partial charge on any atom is 0.127 e. The van der Waals surface area contributed by atoms with E-state index < -0.39 is 0 Å². The van der Waals surface area contributed by atoms with Crippen molar-refractivity contribution in [1.29, 1.82) is 0 Å². The van der Waals surface area contributed by atoms with Crippen molar-refractivity contribution in [3.8, 4) is 17.2 Å². The number of nitrogens with two attached hydrogens (primary N) is 1. The van der Waals surface area contributed by atoms with Gasteiger partial charge in [0.05, 0.1) is 11.6 Å². The summed E-state index contributed by atoms with van der Waals surface area (Å²) in [5, 5.41) is 0. The lowest BCUT2D eigenvalue weighted by Gasteiger charge is -2.12. The molecule has 20 heavy (non-hydrogen) atoms. The molecule has 1 atom stereocenters. The molecule has 2 aromatic carbocycles. The molecule has 104 valence electrons. The van der Waals surface area contributed by atoms with Crippen molar-refractivity contribution in [3.63, 3.8) is 0 Å². The normalized spacial score (nSPS) is 11.7. The van der Waals surface area contributed by atoms with E-state index >= 15 is 0 Å². The number of thiocarbonyl (C=S) groups is 1. The SMILES string of the molecule is CC(COc1ccc(Oc2ccccc2)cc1)C(N)=S. The second kappa shape index (κ2) is 6.91. The zero-order chi connectivity index (χ0) is 14.4. The largest absolute Gasteiger partial charge is 0.493 e. The monoisotopic (exact) mass is 287 g/mol. The molecule has 0 amide bonds. The molecule has 1 unspecified atom stereocenters. The van der Waals surface area contributed by atoms with Gasteiger partial charge in [0.1, 0.15) is 17.2 Å². The van der Waals surface area contributed by atoms with Crippen LogP contribution in [0.5, 0.6) is 17.2 Å². The summed E-state index contributed by atoms with van der Waals surface area (Å²) in [4.78, 5) is 0.467. The van der Waals surface area contributed by atoms with E-state index in [1.165, 1.54) is 0 Å². The van der Waals surface area contributed by atoms with Crippen LogP contribution >= 0.6 is 12.2 Å². The highest BCUT2D eigenvalue weighted by Gasteiger charge is 2.06. The molecule has 0 aliphatic rings. The van der Waals surface area contributed by atoms with Gasteiger partial charge >= 0.3 is 0 Å². The second-order valence-electron chi connectivity index (χ2n) is 4.50. The average Bonchev–Trinajstić information content (AvgIpc) is 2.47. The Morgan fingerprint density at radius 3 is 2.15 bits per heavy atom. The molecule has 4 heteroatoms. The van der Waals surface area contributed by atoms with E-state index in [1.54, 1.807) is 0 Å². The second-order valence-corrected chi connectivity index (χ2v) is 4.97. The predicted molar refractivity (Wildman–Crippen MR) is 84.4 cm³/mol. The van der Waals surface area contributed by atoms with Gasteiger partial charge in [-0.25, -0.2) is 0 Å². The molecule has 0 aliphatic carbocycles. The van der Waals surface area contributed by atoms with E-state index in [0.29, 0.717) is 11.6 Å². The molecular formula is C16H17NO2S. The molecule has 0 radical (unpaired) electrons. The first-order valence-electron chi connectivity index (χ1n) is 6.40. The van der Waals surface area contributed by atoms with Gasteiger partial charge < -0.3 is 15.2 Å². The third kappa shape index (κ3) is 4.24. The van der Waals surface area contributed by atoms with Gasteiger partial charge in [0.15, 0.2) is 0 Å². The maximum absolute atomic E-state index is 5.70. The molecule has 0 saturated carbocycles. The van der Waals surface area contributed by atoms with Crippen molar-refractivity contribution >= 4 is 17.2 Å². The fourth-order valence-corrected chi connectivity index (χ4v) is 1.60. The summed E-state index contributed by atoms with van der Waals surface area (Å²) < 4.78 is 11.3. The van der Waals surface area contributed by atoms with Gasteiger partial charge in [-0.2, -0.15) is 0 Å². The zero-order valence-electron chi connectivity index (χ0n) is 11.3. The van der Waals surface area contributed by atoms with Crippen LogP contribution in [0.3, 0.4) is 0 Å². The van der Waals surface area contributed by atoms with Gasteiger partial charge in [-0.1, -0.05) is 37.3 Å². The van der Waals surface area contributed by atoms with Crippen LogP contribution in [0.25, 0.3) is 0 Å². The van der Waals surface area contributed by atoms with E-state index in [-0.39, 0.29) is 5.92 Å². The molecule has 0 spiro atoms. The molecule has 0 fully saturated rings. The lowest BCUT2D eigenvalue weighted by atomic mass is 10.2. The van der Waals surface area contributed by atoms with Crippen molar-refractivity contribution < 1.29 is 9.47 Å². The highest BCUT2D eigenvalue weighted by molar-refractivity contribution is 7.80. The number of rotatable bonds is 6. The van der Waals surface area contributed by atoms with Crippen LogP contribution in [0.2, 0.25) is 0 Å². The molecule has 3 nitrogen and oxygen atoms in total. The molecular weight excluding hydrogens is 270 g/mol. The van der Waals surface area contributed by atoms with Crippen LogP contribution in [0.1, 0.15) is 6.92 Å². The highest BCUT2D eigenvalue weighted by atomic mass is 32.1. The van der Waals surface area contributed by atoms with Gasteiger partial charge in [-0.05, 0) is 36.4 Å². The van der Waals surface area contributed by atoms with Crippen LogP contribution in [0.4, 0.5) is 0 Å². The number of ether oxygens (including phenoxy) is 2. The van der Waals surface area contributed by atoms with Crippen molar-refractivity contribution in [1.82, 2.24) is 0 Å². The van der Waals surface area contributed by atoms with Crippen molar-refractivity contribution in [3.05, 3.63) is 54.6 Å². The highest BCUT2D eigenvalue weighted by Crippen LogP contribution is 2.23. The Morgan fingerprint density at radius 2 is 1.55 bits per heavy atom. The molecule has 0 saturated heterocycles. The summed E-state index contributed by atoms with van der Waals surface area (Å²) in [6.45, 7) is 2.42. The first-order chi connectivity index (χ1) is 9.65. The summed E-state index contributed by atoms with van der Waals surface area (Å²) in [6, 6.07) is 17.1. The number of benzene rings is 2. The maximum atomic E-state index is 5.70. The standard InChI is InChI=1S/C16H17NO2S/c1-12(16(17)20)11-18-13-7-9-15(10-8-13)19-14-5-3-2-4-6-14/h2-10,12H,11H2,1H3,(H2,17,20). The molecule has 2 aromatic rings. The predicted octanol–water partition coefficient (Wildman–Crippen LogP) is 3.78. The summed E-state index contributed by atoms with van der Waals surface area (Å²) in [7, 11) is 0. The smallest absolute Gasteiger partial charge is 0.127 e. The Kier molecular flexibility index (Phi) is 4.96. The molecule has 0 aromatic heterocycles. The first kappa shape index (κ1) is 14.3. The van der Waals surface area contributed by atoms with Crippen molar-refractivity contribution in [2.75, 3.05) is 6.61 Å². The lowest BCUT2D eigenvalue weighted by molar-refractivity contribution is 0.293. The van der Waals surface area contributed by atoms with E-state index in [0.717, 1.165) is 17.2 Å². The third-order valence-corrected chi connectivity index (χ3v) is 3.19. The minimum Gasteiger partial charge on any atom is -0.493 e. The molecule has 2 N–H and O–H groups in total. The third-order valence-electron chi connectivity index (χ3n) is 2.79. The topological polar surface area (TPSA) is 44.5 Å². The first-order valence-corrected chi connectivity index (χ1v) is 6.81. The Labute approximate surface area is 124 Å². The Bertz CT molecular complexity index is 554. The quantitative estimate of drug-likeness (QED) is 0.821. The van der Waals surface area contributed by atoms with Crippen molar-refractivity contribution in [2.24, 2.45) is 11.7 Å². The number of para-hydroxylation sites is 1. The van der Waals surface area contributed by atoms with E-state index in [4.69, 9.17) is 27.4 Å². The summed E-state index contributed by atoms with van der Waals surface area (Å²) in [6.07, 6.45) is 0. The Hall–Kier alpha value is -2.07. The van der Waals surface area contributed by atoms with Gasteiger partial charge in [0, 0.05) is 5.92 Å². The lowest BCUT2D eigenvalue weighted by Crippen LogP contribution is -2.23. The molecule has 2 rings (SSSR count). The van der Waals surface area contributed by atoms with Crippen LogP contribution < -0.4 is 15.2 Å². The Morgan fingerprint density at radius 1 is 1.00 bits per heavy atom. The minimum atomic E-state index is 0.0604. The van der Waals surface area contributed by atoms with Crippen LogP contribution in [-0.2, 0) is 0 Å². The average molecular weight is 287 g/mol. The molecule has 0 bridgehead atoms. The number of hydrogen-bond acceptors (Lipinski definition) is 3. The van der Waals surface area contributed by atoms with Crippen LogP contribution in [0.15, 0.2) is 54.6 Å². The van der Waals surface area contributed by atoms with Gasteiger partial charge in [-0.15, -0.1) is 0 Å². The van der Waals surface area contributed by atoms with Crippen LogP contribution in [0, 0.1) is 5.92 Å². The van der Waals surface area contributed by atoms with E-state index in [1.807, 2.05) is 61.5 Å². The van der Waals surface area contributed by atoms with E-state index in [9.17, 15) is 0 Å². The fraction of sp³-hybridized carbons (Fsp3) is 0.188. The fourth-order valence-electron chi connectivity index (χ4n) is 1.53. The van der Waals surface area contributed by atoms with Gasteiger partial charge in [-0.3, -0.25) is 0 Å². The zero-order valence-corrected chi connectivity index (χ0v) is 12.1. The molecule has 0 heterocycles. The summed E-state index contributed by atoms with van der Waals surface area (Å²) in [5.74, 6) is 2.41. The van der Waals surface area contributed by atoms with Gasteiger partial charge in [0.2, 0.25) is 0 Å². The summed E-state index contributed by atoms with van der Waals surface area (Å²) >= 11 is 4.91.